The smallest absolute Gasteiger partial charge is 0.232 e. The molecule has 2 N–H and O–H groups in total. The molecule has 0 atom stereocenters. The highest BCUT2D eigenvalue weighted by molar-refractivity contribution is 5.12. The molecule has 0 amide bonds. The summed E-state index contributed by atoms with van der Waals surface area (Å²) in [6, 6.07) is 0. The van der Waals surface area contributed by atoms with Gasteiger partial charge in [0.15, 0.2) is 5.82 Å². The molecule has 1 aromatic heterocycles. The highest BCUT2D eigenvalue weighted by Gasteiger charge is 2.48. The molecule has 0 spiro atoms. The van der Waals surface area contributed by atoms with Crippen molar-refractivity contribution in [3.8, 4) is 0 Å². The van der Waals surface area contributed by atoms with E-state index in [4.69, 9.17) is 10.3 Å². The SMILES string of the molecule is CC1(C)CC(C)(C)CC(N)(c2noc(C(C)(C)C)n2)C1. The number of rotatable bonds is 1. The molecule has 1 aliphatic rings. The van der Waals surface area contributed by atoms with Crippen LogP contribution in [0.2, 0.25) is 0 Å². The van der Waals surface area contributed by atoms with Gasteiger partial charge < -0.3 is 10.3 Å². The zero-order chi connectivity index (χ0) is 15.4. The summed E-state index contributed by atoms with van der Waals surface area (Å²) in [6.07, 6.45) is 2.96. The molecule has 1 heterocycles. The van der Waals surface area contributed by atoms with Crippen molar-refractivity contribution >= 4 is 0 Å². The van der Waals surface area contributed by atoms with Crippen LogP contribution in [0.15, 0.2) is 4.52 Å². The second-order valence-electron chi connectivity index (χ2n) is 9.19. The van der Waals surface area contributed by atoms with Gasteiger partial charge in [-0.3, -0.25) is 0 Å². The number of aromatic nitrogens is 2. The van der Waals surface area contributed by atoms with Gasteiger partial charge in [-0.2, -0.15) is 4.98 Å². The Morgan fingerprint density at radius 1 is 1.00 bits per heavy atom. The van der Waals surface area contributed by atoms with Gasteiger partial charge in [-0.25, -0.2) is 0 Å². The first-order valence-corrected chi connectivity index (χ1v) is 7.47. The molecule has 0 radical (unpaired) electrons. The van der Waals surface area contributed by atoms with Crippen LogP contribution in [0.25, 0.3) is 0 Å². The summed E-state index contributed by atoms with van der Waals surface area (Å²) in [4.78, 5) is 4.61. The Morgan fingerprint density at radius 3 is 1.90 bits per heavy atom. The minimum atomic E-state index is -0.488. The van der Waals surface area contributed by atoms with E-state index >= 15 is 0 Å². The number of hydrogen-bond acceptors (Lipinski definition) is 4. The van der Waals surface area contributed by atoms with Crippen LogP contribution >= 0.6 is 0 Å². The molecule has 1 fully saturated rings. The maximum atomic E-state index is 6.70. The third-order valence-electron chi connectivity index (χ3n) is 4.06. The van der Waals surface area contributed by atoms with Crippen molar-refractivity contribution in [1.29, 1.82) is 0 Å². The molecule has 2 rings (SSSR count). The van der Waals surface area contributed by atoms with Crippen LogP contribution in [-0.4, -0.2) is 10.1 Å². The van der Waals surface area contributed by atoms with Crippen molar-refractivity contribution in [2.45, 2.75) is 78.7 Å². The standard InChI is InChI=1S/C16H29N3O/c1-13(2,3)12-18-11(19-20-12)16(17)9-14(4,5)8-15(6,7)10-16/h8-10,17H2,1-7H3. The molecule has 4 heteroatoms. The summed E-state index contributed by atoms with van der Waals surface area (Å²) < 4.78 is 5.44. The van der Waals surface area contributed by atoms with E-state index in [1.807, 2.05) is 0 Å². The van der Waals surface area contributed by atoms with Gasteiger partial charge in [0.25, 0.3) is 0 Å². The summed E-state index contributed by atoms with van der Waals surface area (Å²) in [7, 11) is 0. The normalized spacial score (nSPS) is 24.6. The lowest BCUT2D eigenvalue weighted by Gasteiger charge is -2.49. The minimum Gasteiger partial charge on any atom is -0.339 e. The number of nitrogens with two attached hydrogens (primary N) is 1. The average molecular weight is 279 g/mol. The van der Waals surface area contributed by atoms with Crippen LogP contribution in [0.1, 0.15) is 79.4 Å². The molecule has 1 aliphatic carbocycles. The lowest BCUT2D eigenvalue weighted by Crippen LogP contribution is -2.50. The fraction of sp³-hybridized carbons (Fsp3) is 0.875. The fourth-order valence-electron chi connectivity index (χ4n) is 4.08. The van der Waals surface area contributed by atoms with E-state index in [-0.39, 0.29) is 16.2 Å². The van der Waals surface area contributed by atoms with Gasteiger partial charge in [0.05, 0.1) is 5.54 Å². The topological polar surface area (TPSA) is 64.9 Å². The van der Waals surface area contributed by atoms with Crippen molar-refractivity contribution in [1.82, 2.24) is 10.1 Å². The molecule has 0 aromatic carbocycles. The zero-order valence-electron chi connectivity index (χ0n) is 14.0. The van der Waals surface area contributed by atoms with Crippen LogP contribution in [0.5, 0.6) is 0 Å². The van der Waals surface area contributed by atoms with E-state index in [2.05, 4.69) is 58.6 Å². The largest absolute Gasteiger partial charge is 0.339 e. The summed E-state index contributed by atoms with van der Waals surface area (Å²) in [6.45, 7) is 15.3. The van der Waals surface area contributed by atoms with Gasteiger partial charge in [-0.15, -0.1) is 0 Å². The molecule has 20 heavy (non-hydrogen) atoms. The maximum Gasteiger partial charge on any atom is 0.232 e. The second-order valence-corrected chi connectivity index (χ2v) is 9.19. The van der Waals surface area contributed by atoms with Gasteiger partial charge in [0, 0.05) is 5.41 Å². The van der Waals surface area contributed by atoms with E-state index in [0.717, 1.165) is 12.8 Å². The average Bonchev–Trinajstić information content (AvgIpc) is 2.58. The minimum absolute atomic E-state index is 0.138. The predicted molar refractivity (Wildman–Crippen MR) is 80.3 cm³/mol. The predicted octanol–water partition coefficient (Wildman–Crippen LogP) is 3.76. The molecular formula is C16H29N3O. The van der Waals surface area contributed by atoms with E-state index in [9.17, 15) is 0 Å². The van der Waals surface area contributed by atoms with Gasteiger partial charge in [0.1, 0.15) is 0 Å². The number of hydrogen-bond donors (Lipinski definition) is 1. The van der Waals surface area contributed by atoms with E-state index < -0.39 is 5.54 Å². The molecule has 0 aliphatic heterocycles. The summed E-state index contributed by atoms with van der Waals surface area (Å²) in [5.41, 5.74) is 6.46. The Hall–Kier alpha value is -0.900. The Labute approximate surface area is 122 Å². The van der Waals surface area contributed by atoms with E-state index in [0.29, 0.717) is 11.7 Å². The summed E-state index contributed by atoms with van der Waals surface area (Å²) >= 11 is 0. The Morgan fingerprint density at radius 2 is 1.50 bits per heavy atom. The molecule has 0 saturated heterocycles. The van der Waals surface area contributed by atoms with E-state index in [1.54, 1.807) is 0 Å². The number of nitrogens with zero attached hydrogens (tertiary/aromatic N) is 2. The van der Waals surface area contributed by atoms with Gasteiger partial charge >= 0.3 is 0 Å². The Kier molecular flexibility index (Phi) is 3.33. The molecule has 0 unspecified atom stereocenters. The van der Waals surface area contributed by atoms with Crippen molar-refractivity contribution in [3.05, 3.63) is 11.7 Å². The second kappa shape index (κ2) is 4.30. The van der Waals surface area contributed by atoms with Gasteiger partial charge in [-0.1, -0.05) is 53.6 Å². The summed E-state index contributed by atoms with van der Waals surface area (Å²) in [5, 5.41) is 4.20. The molecule has 0 bridgehead atoms. The maximum absolute atomic E-state index is 6.70. The molecule has 1 aromatic rings. The summed E-state index contributed by atoms with van der Waals surface area (Å²) in [5.74, 6) is 1.33. The third kappa shape index (κ3) is 3.05. The molecular weight excluding hydrogens is 250 g/mol. The first kappa shape index (κ1) is 15.5. The van der Waals surface area contributed by atoms with Crippen LogP contribution in [0, 0.1) is 10.8 Å². The third-order valence-corrected chi connectivity index (χ3v) is 4.06. The Bertz CT molecular complexity index is 478. The highest BCUT2D eigenvalue weighted by Crippen LogP contribution is 2.52. The van der Waals surface area contributed by atoms with Crippen LogP contribution in [0.4, 0.5) is 0 Å². The fourth-order valence-corrected chi connectivity index (χ4v) is 4.08. The van der Waals surface area contributed by atoms with Crippen LogP contribution in [-0.2, 0) is 11.0 Å². The van der Waals surface area contributed by atoms with Crippen molar-refractivity contribution in [2.75, 3.05) is 0 Å². The van der Waals surface area contributed by atoms with Crippen molar-refractivity contribution in [3.63, 3.8) is 0 Å². The van der Waals surface area contributed by atoms with Gasteiger partial charge in [0.2, 0.25) is 5.89 Å². The van der Waals surface area contributed by atoms with Crippen LogP contribution < -0.4 is 5.73 Å². The Balaban J connectivity index is 2.37. The molecule has 4 nitrogen and oxygen atoms in total. The van der Waals surface area contributed by atoms with Gasteiger partial charge in [-0.05, 0) is 30.1 Å². The zero-order valence-corrected chi connectivity index (χ0v) is 14.0. The monoisotopic (exact) mass is 279 g/mol. The highest BCUT2D eigenvalue weighted by atomic mass is 16.5. The first-order valence-electron chi connectivity index (χ1n) is 7.47. The quantitative estimate of drug-likeness (QED) is 0.850. The molecule has 1 saturated carbocycles. The lowest BCUT2D eigenvalue weighted by atomic mass is 9.58. The van der Waals surface area contributed by atoms with Crippen LogP contribution in [0.3, 0.4) is 0 Å². The first-order chi connectivity index (χ1) is 8.83. The molecule has 114 valence electrons. The van der Waals surface area contributed by atoms with Crippen molar-refractivity contribution < 1.29 is 4.52 Å². The van der Waals surface area contributed by atoms with E-state index in [1.165, 1.54) is 6.42 Å². The lowest BCUT2D eigenvalue weighted by molar-refractivity contribution is 0.0417. The van der Waals surface area contributed by atoms with Crippen molar-refractivity contribution in [2.24, 2.45) is 16.6 Å².